The van der Waals surface area contributed by atoms with Crippen molar-refractivity contribution in [1.82, 2.24) is 15.0 Å². The Kier molecular flexibility index (Phi) is 3.02. The second-order valence-electron chi connectivity index (χ2n) is 8.62. The van der Waals surface area contributed by atoms with Gasteiger partial charge in [-0.05, 0) is 64.0 Å². The molecule has 4 bridgehead atoms. The number of hydrogen-bond acceptors (Lipinski definition) is 5. The average Bonchev–Trinajstić information content (AvgIpc) is 2.84. The molecule has 122 valence electrons. The summed E-state index contributed by atoms with van der Waals surface area (Å²) in [7, 11) is 4.02. The zero-order chi connectivity index (χ0) is 15.6. The molecular formula is C17H27N3O2. The van der Waals surface area contributed by atoms with Crippen LogP contribution in [0, 0.1) is 11.3 Å². The standard InChI is InChI=1S/C17H27N3O2/c1-4-15-5-12-6-16(9-15,11-17(21,7-12)10-15)14-18-13(19-22-14)8-20(2)3/h12,21H,4-11H2,1-3H3/t12-,15-,16+,17+/m0/s1. The fourth-order valence-electron chi connectivity index (χ4n) is 6.03. The molecule has 4 aliphatic rings. The molecule has 5 rings (SSSR count). The van der Waals surface area contributed by atoms with Gasteiger partial charge < -0.3 is 14.5 Å². The van der Waals surface area contributed by atoms with Crippen LogP contribution in [0.3, 0.4) is 0 Å². The Balaban J connectivity index is 1.70. The predicted molar refractivity (Wildman–Crippen MR) is 82.2 cm³/mol. The first-order valence-electron chi connectivity index (χ1n) is 8.56. The third-order valence-corrected chi connectivity index (χ3v) is 6.28. The van der Waals surface area contributed by atoms with Gasteiger partial charge >= 0.3 is 0 Å². The maximum atomic E-state index is 11.1. The number of rotatable bonds is 4. The smallest absolute Gasteiger partial charge is 0.233 e. The fourth-order valence-corrected chi connectivity index (χ4v) is 6.03. The highest BCUT2D eigenvalue weighted by molar-refractivity contribution is 5.22. The maximum absolute atomic E-state index is 11.1. The predicted octanol–water partition coefficient (Wildman–Crippen LogP) is 2.49. The van der Waals surface area contributed by atoms with Crippen molar-refractivity contribution in [3.8, 4) is 0 Å². The van der Waals surface area contributed by atoms with Crippen LogP contribution in [0.15, 0.2) is 4.52 Å². The van der Waals surface area contributed by atoms with Crippen molar-refractivity contribution in [2.24, 2.45) is 11.3 Å². The summed E-state index contributed by atoms with van der Waals surface area (Å²) in [5.74, 6) is 2.16. The van der Waals surface area contributed by atoms with E-state index in [9.17, 15) is 5.11 Å². The fraction of sp³-hybridized carbons (Fsp3) is 0.882. The van der Waals surface area contributed by atoms with E-state index in [1.165, 1.54) is 6.42 Å². The summed E-state index contributed by atoms with van der Waals surface area (Å²) in [6.45, 7) is 2.97. The minimum atomic E-state index is -0.508. The first-order valence-corrected chi connectivity index (χ1v) is 8.56. The van der Waals surface area contributed by atoms with Crippen LogP contribution >= 0.6 is 0 Å². The molecule has 22 heavy (non-hydrogen) atoms. The van der Waals surface area contributed by atoms with E-state index in [-0.39, 0.29) is 10.8 Å². The van der Waals surface area contributed by atoms with Crippen LogP contribution in [0.5, 0.6) is 0 Å². The Morgan fingerprint density at radius 1 is 1.23 bits per heavy atom. The minimum Gasteiger partial charge on any atom is -0.390 e. The molecule has 4 aliphatic carbocycles. The van der Waals surface area contributed by atoms with Crippen molar-refractivity contribution in [1.29, 1.82) is 0 Å². The topological polar surface area (TPSA) is 62.4 Å². The lowest BCUT2D eigenvalue weighted by Gasteiger charge is -2.64. The van der Waals surface area contributed by atoms with Crippen molar-refractivity contribution < 1.29 is 9.63 Å². The Bertz CT molecular complexity index is 586. The molecule has 1 N–H and O–H groups in total. The first-order chi connectivity index (χ1) is 10.4. The van der Waals surface area contributed by atoms with Gasteiger partial charge in [-0.15, -0.1) is 0 Å². The third kappa shape index (κ3) is 2.13. The summed E-state index contributed by atoms with van der Waals surface area (Å²) in [6, 6.07) is 0. The highest BCUT2D eigenvalue weighted by atomic mass is 16.5. The molecular weight excluding hydrogens is 278 g/mol. The summed E-state index contributed by atoms with van der Waals surface area (Å²) in [6.07, 6.45) is 7.38. The molecule has 4 saturated carbocycles. The molecule has 0 aromatic carbocycles. The second kappa shape index (κ2) is 4.54. The molecule has 1 aromatic rings. The summed E-state index contributed by atoms with van der Waals surface area (Å²) >= 11 is 0. The molecule has 0 aliphatic heterocycles. The van der Waals surface area contributed by atoms with Crippen LogP contribution in [0.1, 0.15) is 63.6 Å². The number of nitrogens with zero attached hydrogens (tertiary/aromatic N) is 3. The summed E-state index contributed by atoms with van der Waals surface area (Å²) in [5.41, 5.74) is -0.308. The molecule has 4 atom stereocenters. The van der Waals surface area contributed by atoms with Gasteiger partial charge in [0.05, 0.1) is 17.6 Å². The maximum Gasteiger partial charge on any atom is 0.233 e. The van der Waals surface area contributed by atoms with Gasteiger partial charge in [-0.1, -0.05) is 18.5 Å². The quantitative estimate of drug-likeness (QED) is 0.926. The zero-order valence-corrected chi connectivity index (χ0v) is 13.9. The lowest BCUT2D eigenvalue weighted by molar-refractivity contribution is -0.181. The van der Waals surface area contributed by atoms with E-state index in [4.69, 9.17) is 9.51 Å². The SMILES string of the molecule is CC[C@@]12C[C@@H]3C[C@@](O)(C1)C[C@@](c1nc(CN(C)C)no1)(C3)C2. The van der Waals surface area contributed by atoms with E-state index in [2.05, 4.69) is 17.0 Å². The summed E-state index contributed by atoms with van der Waals surface area (Å²) < 4.78 is 5.69. The Morgan fingerprint density at radius 3 is 2.73 bits per heavy atom. The van der Waals surface area contributed by atoms with Gasteiger partial charge in [0, 0.05) is 0 Å². The second-order valence-corrected chi connectivity index (χ2v) is 8.62. The van der Waals surface area contributed by atoms with E-state index in [1.807, 2.05) is 14.1 Å². The van der Waals surface area contributed by atoms with Crippen LogP contribution in [-0.4, -0.2) is 39.8 Å². The number of aromatic nitrogens is 2. The molecule has 0 spiro atoms. The number of aliphatic hydroxyl groups is 1. The highest BCUT2D eigenvalue weighted by Gasteiger charge is 2.64. The van der Waals surface area contributed by atoms with Crippen LogP contribution in [-0.2, 0) is 12.0 Å². The van der Waals surface area contributed by atoms with Crippen molar-refractivity contribution >= 4 is 0 Å². The number of hydrogen-bond donors (Lipinski definition) is 1. The van der Waals surface area contributed by atoms with Gasteiger partial charge in [0.25, 0.3) is 0 Å². The Morgan fingerprint density at radius 2 is 2.05 bits per heavy atom. The largest absolute Gasteiger partial charge is 0.390 e. The molecule has 5 nitrogen and oxygen atoms in total. The highest BCUT2D eigenvalue weighted by Crippen LogP contribution is 2.67. The summed E-state index contributed by atoms with van der Waals surface area (Å²) in [4.78, 5) is 6.76. The molecule has 0 amide bonds. The van der Waals surface area contributed by atoms with E-state index in [0.29, 0.717) is 12.5 Å². The summed E-state index contributed by atoms with van der Waals surface area (Å²) in [5, 5.41) is 15.3. The molecule has 1 aromatic heterocycles. The monoisotopic (exact) mass is 305 g/mol. The van der Waals surface area contributed by atoms with Crippen molar-refractivity contribution in [3.63, 3.8) is 0 Å². The lowest BCUT2D eigenvalue weighted by atomic mass is 9.42. The molecule has 0 unspecified atom stereocenters. The van der Waals surface area contributed by atoms with Gasteiger partial charge in [0.2, 0.25) is 5.89 Å². The third-order valence-electron chi connectivity index (χ3n) is 6.28. The van der Waals surface area contributed by atoms with Crippen LogP contribution in [0.25, 0.3) is 0 Å². The van der Waals surface area contributed by atoms with Crippen LogP contribution in [0.4, 0.5) is 0 Å². The minimum absolute atomic E-state index is 0.0816. The zero-order valence-electron chi connectivity index (χ0n) is 13.9. The van der Waals surface area contributed by atoms with Crippen LogP contribution < -0.4 is 0 Å². The van der Waals surface area contributed by atoms with Crippen molar-refractivity contribution in [2.45, 2.75) is 69.4 Å². The van der Waals surface area contributed by atoms with Gasteiger partial charge in [0.1, 0.15) is 0 Å². The molecule has 0 saturated heterocycles. The average molecular weight is 305 g/mol. The van der Waals surface area contributed by atoms with Gasteiger partial charge in [-0.25, -0.2) is 0 Å². The first kappa shape index (κ1) is 14.6. The van der Waals surface area contributed by atoms with Gasteiger partial charge in [-0.2, -0.15) is 4.98 Å². The van der Waals surface area contributed by atoms with Crippen molar-refractivity contribution in [2.75, 3.05) is 14.1 Å². The van der Waals surface area contributed by atoms with E-state index >= 15 is 0 Å². The van der Waals surface area contributed by atoms with Gasteiger partial charge in [0.15, 0.2) is 5.82 Å². The van der Waals surface area contributed by atoms with E-state index in [1.54, 1.807) is 0 Å². The molecule has 5 heteroatoms. The Hall–Kier alpha value is -0.940. The van der Waals surface area contributed by atoms with E-state index in [0.717, 1.165) is 50.2 Å². The van der Waals surface area contributed by atoms with Crippen LogP contribution in [0.2, 0.25) is 0 Å². The molecule has 0 radical (unpaired) electrons. The van der Waals surface area contributed by atoms with E-state index < -0.39 is 5.60 Å². The lowest BCUT2D eigenvalue weighted by Crippen LogP contribution is -2.61. The van der Waals surface area contributed by atoms with Gasteiger partial charge in [-0.3, -0.25) is 0 Å². The normalized spacial score (nSPS) is 43.2. The molecule has 1 heterocycles. The van der Waals surface area contributed by atoms with Crippen molar-refractivity contribution in [3.05, 3.63) is 11.7 Å². The Labute approximate surface area is 132 Å². The molecule has 4 fully saturated rings.